The van der Waals surface area contributed by atoms with Gasteiger partial charge in [0.25, 0.3) is 0 Å². The minimum atomic E-state index is -3.57. The van der Waals surface area contributed by atoms with Crippen LogP contribution in [0, 0.1) is 0 Å². The fourth-order valence-electron chi connectivity index (χ4n) is 11.1. The molecule has 74 heavy (non-hydrogen) atoms. The van der Waals surface area contributed by atoms with E-state index >= 15 is 13.7 Å². The lowest BCUT2D eigenvalue weighted by molar-refractivity contribution is 0.591. The molecule has 0 aliphatic carbocycles. The standard InChI is InChI=1S/C66H47N2O3P3/c69-72(50-23-7-1-8-24-50,51-25-9-2-10-26-51)56-39-41-65-61(46-56)59-35-19-21-37-63(59)67(65)48-43-49(45-58(44-48)74(71,54-31-15-5-16-32-54)55-33-17-6-18-34-55)68-64-38-22-20-36-60(64)62-47-57(40-42-66(62)68)73(70,52-27-11-3-12-28-52)53-29-13-4-14-30-53/h1-47H. The fraction of sp³-hybridized carbons (Fsp3) is 0. The van der Waals surface area contributed by atoms with E-state index in [1.54, 1.807) is 0 Å². The first-order chi connectivity index (χ1) is 36.3. The molecule has 2 heterocycles. The Morgan fingerprint density at radius 3 is 0.770 bits per heavy atom. The van der Waals surface area contributed by atoms with Gasteiger partial charge >= 0.3 is 0 Å². The van der Waals surface area contributed by atoms with Crippen LogP contribution < -0.4 is 47.7 Å². The zero-order valence-corrected chi connectivity index (χ0v) is 42.8. The predicted molar refractivity (Wildman–Crippen MR) is 313 cm³/mol. The third-order valence-corrected chi connectivity index (χ3v) is 23.7. The van der Waals surface area contributed by atoms with E-state index in [1.165, 1.54) is 0 Å². The fourth-order valence-corrected chi connectivity index (χ4v) is 19.1. The largest absolute Gasteiger partial charge is 0.309 e. The van der Waals surface area contributed by atoms with Gasteiger partial charge in [0.2, 0.25) is 0 Å². The number of nitrogens with zero attached hydrogens (tertiary/aromatic N) is 2. The van der Waals surface area contributed by atoms with Crippen LogP contribution in [0.25, 0.3) is 55.0 Å². The van der Waals surface area contributed by atoms with Crippen LogP contribution >= 0.6 is 21.4 Å². The molecule has 5 nitrogen and oxygen atoms in total. The van der Waals surface area contributed by atoms with E-state index in [4.69, 9.17) is 0 Å². The molecule has 354 valence electrons. The Morgan fingerprint density at radius 2 is 0.459 bits per heavy atom. The van der Waals surface area contributed by atoms with Crippen LogP contribution in [0.2, 0.25) is 0 Å². The molecule has 0 bridgehead atoms. The average molecular weight is 1010 g/mol. The van der Waals surface area contributed by atoms with Gasteiger partial charge in [0, 0.05) is 80.7 Å². The predicted octanol–water partition coefficient (Wildman–Crippen LogP) is 12.8. The SMILES string of the molecule is O=P(c1ccccc1)(c1ccccc1)c1cc(-n2c3ccccc3c3cc(P(=O)(c4ccccc4)c4ccccc4)ccc32)cc(-n2c3ccccc3c3cc(P(=O)(c4ccccc4)c4ccccc4)ccc32)c1. The van der Waals surface area contributed by atoms with E-state index in [0.717, 1.165) is 97.4 Å². The van der Waals surface area contributed by atoms with E-state index in [-0.39, 0.29) is 0 Å². The van der Waals surface area contributed by atoms with Gasteiger partial charge in [0.15, 0.2) is 21.4 Å². The Balaban J connectivity index is 1.10. The van der Waals surface area contributed by atoms with Crippen LogP contribution in [0.3, 0.4) is 0 Å². The van der Waals surface area contributed by atoms with Crippen molar-refractivity contribution < 1.29 is 13.7 Å². The highest BCUT2D eigenvalue weighted by atomic mass is 31.2. The zero-order valence-electron chi connectivity index (χ0n) is 40.1. The van der Waals surface area contributed by atoms with E-state index in [2.05, 4.69) is 100 Å². The molecule has 0 spiro atoms. The first-order valence-corrected chi connectivity index (χ1v) is 29.8. The summed E-state index contributed by atoms with van der Waals surface area (Å²) in [4.78, 5) is 0. The van der Waals surface area contributed by atoms with Gasteiger partial charge in [0.1, 0.15) is 0 Å². The Bertz CT molecular complexity index is 4020. The van der Waals surface area contributed by atoms with Gasteiger partial charge in [-0.05, 0) is 66.7 Å². The minimum absolute atomic E-state index is 0.669. The van der Waals surface area contributed by atoms with Gasteiger partial charge in [0.05, 0.1) is 22.1 Å². The molecule has 0 saturated carbocycles. The molecule has 8 heteroatoms. The van der Waals surface area contributed by atoms with Crippen LogP contribution in [0.5, 0.6) is 0 Å². The van der Waals surface area contributed by atoms with E-state index in [1.807, 2.05) is 194 Å². The second-order valence-corrected chi connectivity index (χ2v) is 27.0. The van der Waals surface area contributed by atoms with Crippen molar-refractivity contribution in [2.75, 3.05) is 0 Å². The maximum absolute atomic E-state index is 16.7. The normalized spacial score (nSPS) is 12.2. The minimum Gasteiger partial charge on any atom is -0.309 e. The molecule has 0 fully saturated rings. The number of fused-ring (bicyclic) bond motifs is 6. The monoisotopic (exact) mass is 1010 g/mol. The maximum atomic E-state index is 16.7. The summed E-state index contributed by atoms with van der Waals surface area (Å²) in [6.45, 7) is 0. The summed E-state index contributed by atoms with van der Waals surface area (Å²) in [6, 6.07) is 94.4. The summed E-state index contributed by atoms with van der Waals surface area (Å²) in [5, 5.41) is 10.6. The summed E-state index contributed by atoms with van der Waals surface area (Å²) in [6.07, 6.45) is 0. The van der Waals surface area contributed by atoms with Gasteiger partial charge in [-0.1, -0.05) is 218 Å². The molecule has 0 N–H and O–H groups in total. The molecule has 11 aromatic carbocycles. The van der Waals surface area contributed by atoms with Crippen molar-refractivity contribution in [2.45, 2.75) is 0 Å². The number of rotatable bonds is 11. The third kappa shape index (κ3) is 7.26. The second kappa shape index (κ2) is 18.3. The van der Waals surface area contributed by atoms with Crippen molar-refractivity contribution in [3.63, 3.8) is 0 Å². The Hall–Kier alpha value is -8.29. The first-order valence-electron chi connectivity index (χ1n) is 24.7. The lowest BCUT2D eigenvalue weighted by Crippen LogP contribution is -2.26. The van der Waals surface area contributed by atoms with Gasteiger partial charge in [-0.15, -0.1) is 0 Å². The molecule has 0 amide bonds. The molecule has 13 rings (SSSR count). The van der Waals surface area contributed by atoms with E-state index in [9.17, 15) is 0 Å². The average Bonchev–Trinajstić information content (AvgIpc) is 4.02. The number of aromatic nitrogens is 2. The molecule has 0 aliphatic rings. The quantitative estimate of drug-likeness (QED) is 0.121. The smallest absolute Gasteiger partial charge is 0.171 e. The van der Waals surface area contributed by atoms with Crippen molar-refractivity contribution in [1.82, 2.24) is 9.13 Å². The number of hydrogen-bond donors (Lipinski definition) is 0. The summed E-state index contributed by atoms with van der Waals surface area (Å²) in [5.41, 5.74) is 5.39. The van der Waals surface area contributed by atoms with Gasteiger partial charge < -0.3 is 22.8 Å². The van der Waals surface area contributed by atoms with Crippen molar-refractivity contribution in [1.29, 1.82) is 0 Å². The highest BCUT2D eigenvalue weighted by Gasteiger charge is 2.34. The highest BCUT2D eigenvalue weighted by Crippen LogP contribution is 2.48. The van der Waals surface area contributed by atoms with E-state index < -0.39 is 21.4 Å². The Labute approximate surface area is 429 Å². The second-order valence-electron chi connectivity index (χ2n) is 18.7. The lowest BCUT2D eigenvalue weighted by atomic mass is 10.1. The van der Waals surface area contributed by atoms with Crippen LogP contribution in [0.15, 0.2) is 285 Å². The molecule has 0 atom stereocenters. The Kier molecular flexibility index (Phi) is 11.3. The summed E-state index contributed by atoms with van der Waals surface area (Å²) in [5.74, 6) is 0. The molecule has 13 aromatic rings. The topological polar surface area (TPSA) is 61.1 Å². The van der Waals surface area contributed by atoms with E-state index in [0.29, 0.717) is 5.30 Å². The number of hydrogen-bond acceptors (Lipinski definition) is 3. The lowest BCUT2D eigenvalue weighted by Gasteiger charge is -2.23. The molecule has 0 radical (unpaired) electrons. The van der Waals surface area contributed by atoms with Crippen molar-refractivity contribution in [2.24, 2.45) is 0 Å². The number of para-hydroxylation sites is 2. The van der Waals surface area contributed by atoms with Gasteiger partial charge in [-0.25, -0.2) is 0 Å². The molecule has 2 aromatic heterocycles. The third-order valence-electron chi connectivity index (χ3n) is 14.5. The van der Waals surface area contributed by atoms with Gasteiger partial charge in [-0.3, -0.25) is 0 Å². The molecular weight excluding hydrogens is 962 g/mol. The maximum Gasteiger partial charge on any atom is 0.171 e. The van der Waals surface area contributed by atoms with Crippen LogP contribution in [-0.2, 0) is 13.7 Å². The van der Waals surface area contributed by atoms with Crippen LogP contribution in [0.4, 0.5) is 0 Å². The molecule has 0 saturated heterocycles. The molecule has 0 aliphatic heterocycles. The zero-order chi connectivity index (χ0) is 49.9. The highest BCUT2D eigenvalue weighted by molar-refractivity contribution is 7.86. The number of benzene rings is 11. The Morgan fingerprint density at radius 1 is 0.203 bits per heavy atom. The van der Waals surface area contributed by atoms with Crippen molar-refractivity contribution in [3.05, 3.63) is 285 Å². The summed E-state index contributed by atoms with van der Waals surface area (Å²) in [7, 11) is -10.2. The van der Waals surface area contributed by atoms with Crippen LogP contribution in [0.1, 0.15) is 0 Å². The van der Waals surface area contributed by atoms with Crippen molar-refractivity contribution >= 4 is 113 Å². The summed E-state index contributed by atoms with van der Waals surface area (Å²) >= 11 is 0. The molecule has 0 unspecified atom stereocenters. The molecular formula is C66H47N2O3P3. The summed E-state index contributed by atoms with van der Waals surface area (Å²) < 4.78 is 52.9. The van der Waals surface area contributed by atoms with Gasteiger partial charge in [-0.2, -0.15) is 0 Å². The first kappa shape index (κ1) is 45.6. The van der Waals surface area contributed by atoms with Crippen molar-refractivity contribution in [3.8, 4) is 11.4 Å². The van der Waals surface area contributed by atoms with Crippen LogP contribution in [-0.4, -0.2) is 9.13 Å².